The summed E-state index contributed by atoms with van der Waals surface area (Å²) in [5.74, 6) is 1.45. The second-order valence-corrected chi connectivity index (χ2v) is 14.6. The Morgan fingerprint density at radius 3 is 2.52 bits per heavy atom. The first kappa shape index (κ1) is 33.0. The molecule has 3 aliphatic rings. The fourth-order valence-electron chi connectivity index (χ4n) is 6.43. The second-order valence-electron chi connectivity index (χ2n) is 12.6. The number of halogens is 1. The first-order valence-corrected chi connectivity index (χ1v) is 17.3. The Labute approximate surface area is 260 Å². The lowest BCUT2D eigenvalue weighted by atomic mass is 9.69. The minimum atomic E-state index is -1.49. The summed E-state index contributed by atoms with van der Waals surface area (Å²) in [4.78, 5) is 15.3. The molecule has 7 atom stereocenters. The standard InChI is InChI=1S/C34H49ClN2O4S/c1-5-6-9-26-19-29(35)14-18-31(26)28-21-37(4)20-27-13-17-32(27)33(38)10-7-8-23(2)24(3)42(40)36-34(39)25-11-15-30(16-12-25)41-22-28/h11-12,14-16,18-19,23-24,27-28,32-33,38H,5-10,13,17,20-22H2,1-4H3,(H,36,39). The Kier molecular flexibility index (Phi) is 12.3. The zero-order chi connectivity index (χ0) is 30.2. The summed E-state index contributed by atoms with van der Waals surface area (Å²) in [6, 6.07) is 13.3. The van der Waals surface area contributed by atoms with E-state index in [9.17, 15) is 14.1 Å². The molecule has 2 aromatic rings. The summed E-state index contributed by atoms with van der Waals surface area (Å²) in [5.41, 5.74) is 3.00. The molecule has 7 unspecified atom stereocenters. The highest BCUT2D eigenvalue weighted by Crippen LogP contribution is 2.39. The van der Waals surface area contributed by atoms with Crippen LogP contribution in [-0.4, -0.2) is 58.2 Å². The Balaban J connectivity index is 1.58. The third kappa shape index (κ3) is 8.81. The van der Waals surface area contributed by atoms with Crippen molar-refractivity contribution in [3.05, 3.63) is 64.2 Å². The summed E-state index contributed by atoms with van der Waals surface area (Å²) in [6.45, 7) is 8.48. The van der Waals surface area contributed by atoms with E-state index in [-0.39, 0.29) is 29.1 Å². The number of nitrogens with zero attached hydrogens (tertiary/aromatic N) is 1. The van der Waals surface area contributed by atoms with Crippen LogP contribution in [0.15, 0.2) is 42.5 Å². The van der Waals surface area contributed by atoms with Gasteiger partial charge in [0.1, 0.15) is 16.7 Å². The van der Waals surface area contributed by atoms with Crippen LogP contribution in [0.4, 0.5) is 0 Å². The molecule has 1 fully saturated rings. The average Bonchev–Trinajstić information content (AvgIpc) is 2.95. The van der Waals surface area contributed by atoms with Gasteiger partial charge in [-0.3, -0.25) is 9.52 Å². The monoisotopic (exact) mass is 616 g/mol. The molecule has 1 aliphatic carbocycles. The van der Waals surface area contributed by atoms with Crippen LogP contribution < -0.4 is 9.46 Å². The van der Waals surface area contributed by atoms with Crippen molar-refractivity contribution in [3.8, 4) is 5.75 Å². The van der Waals surface area contributed by atoms with Gasteiger partial charge in [0, 0.05) is 29.6 Å². The van der Waals surface area contributed by atoms with Crippen LogP contribution in [-0.2, 0) is 17.4 Å². The van der Waals surface area contributed by atoms with Gasteiger partial charge in [0.25, 0.3) is 5.91 Å². The van der Waals surface area contributed by atoms with Gasteiger partial charge in [-0.05, 0) is 118 Å². The number of amides is 1. The first-order chi connectivity index (χ1) is 20.2. The number of nitrogens with one attached hydrogen (secondary N) is 1. The van der Waals surface area contributed by atoms with E-state index in [0.29, 0.717) is 29.8 Å². The highest BCUT2D eigenvalue weighted by molar-refractivity contribution is 7.84. The van der Waals surface area contributed by atoms with E-state index in [1.807, 2.05) is 25.1 Å². The van der Waals surface area contributed by atoms with Crippen LogP contribution in [0.3, 0.4) is 0 Å². The lowest BCUT2D eigenvalue weighted by molar-refractivity contribution is -0.00670. The number of aryl methyl sites for hydroxylation is 1. The molecular weight excluding hydrogens is 568 g/mol. The molecule has 232 valence electrons. The maximum Gasteiger partial charge on any atom is 0.262 e. The summed E-state index contributed by atoms with van der Waals surface area (Å²) >= 11 is 6.43. The lowest BCUT2D eigenvalue weighted by Gasteiger charge is -2.42. The van der Waals surface area contributed by atoms with Crippen molar-refractivity contribution >= 4 is 28.5 Å². The number of benzene rings is 2. The quantitative estimate of drug-likeness (QED) is 0.397. The van der Waals surface area contributed by atoms with Gasteiger partial charge in [-0.2, -0.15) is 0 Å². The number of ether oxygens (including phenoxy) is 1. The van der Waals surface area contributed by atoms with Crippen LogP contribution >= 0.6 is 11.6 Å². The molecule has 0 spiro atoms. The highest BCUT2D eigenvalue weighted by Gasteiger charge is 2.37. The van der Waals surface area contributed by atoms with Crippen molar-refractivity contribution in [3.63, 3.8) is 0 Å². The van der Waals surface area contributed by atoms with Crippen LogP contribution in [0.1, 0.15) is 93.1 Å². The Morgan fingerprint density at radius 2 is 1.83 bits per heavy atom. The van der Waals surface area contributed by atoms with Gasteiger partial charge in [-0.25, -0.2) is 4.21 Å². The number of likely N-dealkylation sites (N-methyl/N-ethyl adjacent to an activating group) is 1. The maximum absolute atomic E-state index is 12.9. The topological polar surface area (TPSA) is 78.9 Å². The highest BCUT2D eigenvalue weighted by atomic mass is 35.5. The van der Waals surface area contributed by atoms with E-state index in [1.54, 1.807) is 12.1 Å². The zero-order valence-electron chi connectivity index (χ0n) is 25.7. The Bertz CT molecular complexity index is 1190. The summed E-state index contributed by atoms with van der Waals surface area (Å²) < 4.78 is 22.0. The van der Waals surface area contributed by atoms with Crippen molar-refractivity contribution < 1.29 is 18.8 Å². The molecule has 2 N–H and O–H groups in total. The molecule has 5 rings (SSSR count). The fraction of sp³-hybridized carbons (Fsp3) is 0.618. The normalized spacial score (nSPS) is 30.3. The van der Waals surface area contributed by atoms with Crippen LogP contribution in [0.25, 0.3) is 0 Å². The number of carbonyl (C=O) groups excluding carboxylic acids is 1. The summed E-state index contributed by atoms with van der Waals surface area (Å²) in [7, 11) is 0.690. The predicted octanol–water partition coefficient (Wildman–Crippen LogP) is 6.77. The number of aliphatic hydroxyl groups is 1. The number of unbranched alkanes of at least 4 members (excludes halogenated alkanes) is 1. The largest absolute Gasteiger partial charge is 0.493 e. The summed E-state index contributed by atoms with van der Waals surface area (Å²) in [6.07, 6.45) is 7.61. The zero-order valence-corrected chi connectivity index (χ0v) is 27.3. The average molecular weight is 617 g/mol. The fourth-order valence-corrected chi connectivity index (χ4v) is 7.67. The van der Waals surface area contributed by atoms with Crippen molar-refractivity contribution in [2.24, 2.45) is 17.8 Å². The van der Waals surface area contributed by atoms with E-state index in [0.717, 1.165) is 69.5 Å². The molecule has 0 radical (unpaired) electrons. The molecule has 2 heterocycles. The SMILES string of the molecule is CCCCc1cc(Cl)ccc1C1COc2ccc(cc2)C(=O)NS(=O)C(C)C(C)CCCC(O)C2CCC2CN(C)C1. The smallest absolute Gasteiger partial charge is 0.262 e. The number of rotatable bonds is 4. The van der Waals surface area contributed by atoms with Gasteiger partial charge in [0.15, 0.2) is 0 Å². The molecule has 2 aliphatic heterocycles. The minimum absolute atomic E-state index is 0.130. The molecule has 0 aromatic heterocycles. The van der Waals surface area contributed by atoms with Crippen molar-refractivity contribution in [1.82, 2.24) is 9.62 Å². The van der Waals surface area contributed by atoms with Gasteiger partial charge in [-0.15, -0.1) is 0 Å². The minimum Gasteiger partial charge on any atom is -0.493 e. The molecule has 2 aromatic carbocycles. The molecular formula is C34H49ClN2O4S. The molecule has 1 saturated carbocycles. The summed E-state index contributed by atoms with van der Waals surface area (Å²) in [5, 5.41) is 11.6. The number of fused-ring (bicyclic) bond motifs is 15. The molecule has 42 heavy (non-hydrogen) atoms. The lowest BCUT2D eigenvalue weighted by Crippen LogP contribution is -2.43. The number of hydrogen-bond acceptors (Lipinski definition) is 5. The Morgan fingerprint density at radius 1 is 1.07 bits per heavy atom. The number of carbonyl (C=O) groups is 1. The van der Waals surface area contributed by atoms with Gasteiger partial charge in [0.2, 0.25) is 0 Å². The molecule has 1 amide bonds. The molecule has 0 saturated heterocycles. The Hall–Kier alpha value is -1.93. The molecule has 6 nitrogen and oxygen atoms in total. The van der Waals surface area contributed by atoms with Crippen LogP contribution in [0.5, 0.6) is 5.75 Å². The van der Waals surface area contributed by atoms with Gasteiger partial charge >= 0.3 is 0 Å². The third-order valence-electron chi connectivity index (χ3n) is 9.45. The van der Waals surface area contributed by atoms with Crippen molar-refractivity contribution in [2.45, 2.75) is 89.4 Å². The van der Waals surface area contributed by atoms with Crippen LogP contribution in [0, 0.1) is 17.8 Å². The van der Waals surface area contributed by atoms with Crippen molar-refractivity contribution in [1.29, 1.82) is 0 Å². The maximum atomic E-state index is 12.9. The molecule has 2 bridgehead atoms. The van der Waals surface area contributed by atoms with E-state index < -0.39 is 11.0 Å². The van der Waals surface area contributed by atoms with E-state index in [4.69, 9.17) is 16.3 Å². The van der Waals surface area contributed by atoms with Gasteiger partial charge in [-0.1, -0.05) is 44.4 Å². The third-order valence-corrected chi connectivity index (χ3v) is 11.2. The van der Waals surface area contributed by atoms with Gasteiger partial charge in [0.05, 0.1) is 18.0 Å². The van der Waals surface area contributed by atoms with Gasteiger partial charge < -0.3 is 14.7 Å². The van der Waals surface area contributed by atoms with Crippen molar-refractivity contribution in [2.75, 3.05) is 26.7 Å². The second kappa shape index (κ2) is 15.7. The number of hydrogen-bond donors (Lipinski definition) is 2. The first-order valence-electron chi connectivity index (χ1n) is 15.8. The van der Waals surface area contributed by atoms with Crippen LogP contribution in [0.2, 0.25) is 5.02 Å². The number of aliphatic hydroxyl groups excluding tert-OH is 1. The predicted molar refractivity (Wildman–Crippen MR) is 173 cm³/mol. The molecule has 8 heteroatoms. The van der Waals surface area contributed by atoms with E-state index in [2.05, 4.69) is 42.6 Å². The van der Waals surface area contributed by atoms with E-state index in [1.165, 1.54) is 11.1 Å². The van der Waals surface area contributed by atoms with E-state index >= 15 is 0 Å².